The molecule has 6 nitrogen and oxygen atoms in total. The van der Waals surface area contributed by atoms with Gasteiger partial charge in [-0.1, -0.05) is 6.07 Å². The summed E-state index contributed by atoms with van der Waals surface area (Å²) in [5, 5.41) is 12.7. The number of benzene rings is 1. The Labute approximate surface area is 143 Å². The van der Waals surface area contributed by atoms with Gasteiger partial charge in [-0.25, -0.2) is 0 Å². The first-order valence-corrected chi connectivity index (χ1v) is 8.51. The highest BCUT2D eigenvalue weighted by molar-refractivity contribution is 7.12. The topological polar surface area (TPSA) is 76.0 Å². The number of carbonyl (C=O) groups is 2. The molecular weight excluding hydrogens is 324 g/mol. The molecule has 0 saturated carbocycles. The molecule has 2 N–H and O–H groups in total. The molecule has 0 bridgehead atoms. The molecule has 0 fully saturated rings. The molecule has 0 atom stereocenters. The molecule has 0 radical (unpaired) electrons. The Hall–Kier alpha value is -2.67. The summed E-state index contributed by atoms with van der Waals surface area (Å²) in [5.41, 5.74) is 1.48. The molecule has 0 saturated heterocycles. The van der Waals surface area contributed by atoms with Crippen molar-refractivity contribution >= 4 is 39.7 Å². The number of anilines is 1. The molecule has 124 valence electrons. The number of fused-ring (bicyclic) bond motifs is 1. The highest BCUT2D eigenvalue weighted by Crippen LogP contribution is 2.19. The van der Waals surface area contributed by atoms with Crippen LogP contribution in [0.2, 0.25) is 0 Å². The molecular formula is C17H18N4O2S. The van der Waals surface area contributed by atoms with E-state index < -0.39 is 0 Å². The van der Waals surface area contributed by atoms with Gasteiger partial charge in [0.05, 0.1) is 16.9 Å². The van der Waals surface area contributed by atoms with Crippen molar-refractivity contribution in [1.29, 1.82) is 0 Å². The third kappa shape index (κ3) is 3.62. The third-order valence-electron chi connectivity index (χ3n) is 3.49. The summed E-state index contributed by atoms with van der Waals surface area (Å²) in [4.78, 5) is 24.4. The van der Waals surface area contributed by atoms with E-state index in [9.17, 15) is 9.59 Å². The van der Waals surface area contributed by atoms with Gasteiger partial charge in [0.1, 0.15) is 0 Å². The molecule has 7 heteroatoms. The van der Waals surface area contributed by atoms with Crippen LogP contribution in [0.1, 0.15) is 29.6 Å². The summed E-state index contributed by atoms with van der Waals surface area (Å²) < 4.78 is 1.89. The molecule has 0 aliphatic carbocycles. The van der Waals surface area contributed by atoms with Crippen molar-refractivity contribution in [3.05, 3.63) is 46.8 Å². The summed E-state index contributed by atoms with van der Waals surface area (Å²) in [6.45, 7) is 4.05. The Balaban J connectivity index is 1.61. The van der Waals surface area contributed by atoms with Crippen molar-refractivity contribution in [3.8, 4) is 0 Å². The number of rotatable bonds is 5. The molecule has 0 aliphatic rings. The fraction of sp³-hybridized carbons (Fsp3) is 0.235. The van der Waals surface area contributed by atoms with Crippen LogP contribution in [-0.2, 0) is 4.79 Å². The summed E-state index contributed by atoms with van der Waals surface area (Å²) >= 11 is 1.34. The first kappa shape index (κ1) is 16.2. The van der Waals surface area contributed by atoms with Gasteiger partial charge >= 0.3 is 0 Å². The van der Waals surface area contributed by atoms with E-state index in [4.69, 9.17) is 0 Å². The first-order valence-electron chi connectivity index (χ1n) is 7.63. The number of hydrogen-bond donors (Lipinski definition) is 2. The fourth-order valence-corrected chi connectivity index (χ4v) is 2.88. The number of amides is 2. The Bertz CT molecular complexity index is 868. The number of carbonyl (C=O) groups excluding carboxylic acids is 2. The molecule has 3 aromatic rings. The van der Waals surface area contributed by atoms with E-state index in [1.165, 1.54) is 11.3 Å². The van der Waals surface area contributed by atoms with Crippen LogP contribution in [0.3, 0.4) is 0 Å². The van der Waals surface area contributed by atoms with E-state index in [0.29, 0.717) is 10.6 Å². The van der Waals surface area contributed by atoms with E-state index in [-0.39, 0.29) is 24.4 Å². The lowest BCUT2D eigenvalue weighted by Gasteiger charge is -2.06. The minimum absolute atomic E-state index is 0.0742. The fourth-order valence-electron chi connectivity index (χ4n) is 2.24. The lowest BCUT2D eigenvalue weighted by Crippen LogP contribution is -2.32. The van der Waals surface area contributed by atoms with Crippen molar-refractivity contribution in [2.45, 2.75) is 19.9 Å². The highest BCUT2D eigenvalue weighted by Gasteiger charge is 2.10. The SMILES string of the molecule is CC(C)n1cc2ccc(NC(=O)CNC(=O)c3cccs3)cc2n1. The Morgan fingerprint density at radius 2 is 2.12 bits per heavy atom. The zero-order chi connectivity index (χ0) is 17.1. The van der Waals surface area contributed by atoms with Crippen molar-refractivity contribution in [2.24, 2.45) is 0 Å². The Morgan fingerprint density at radius 1 is 1.29 bits per heavy atom. The number of thiophene rings is 1. The molecule has 3 rings (SSSR count). The van der Waals surface area contributed by atoms with Gasteiger partial charge < -0.3 is 10.6 Å². The second-order valence-corrected chi connectivity index (χ2v) is 6.63. The quantitative estimate of drug-likeness (QED) is 0.748. The minimum Gasteiger partial charge on any atom is -0.342 e. The molecule has 0 unspecified atom stereocenters. The van der Waals surface area contributed by atoms with Crippen LogP contribution in [0.4, 0.5) is 5.69 Å². The predicted molar refractivity (Wildman–Crippen MR) is 95.4 cm³/mol. The molecule has 2 amide bonds. The van der Waals surface area contributed by atoms with E-state index in [1.807, 2.05) is 34.5 Å². The van der Waals surface area contributed by atoms with Crippen LogP contribution in [0.15, 0.2) is 41.9 Å². The normalized spacial score (nSPS) is 11.0. The van der Waals surface area contributed by atoms with Crippen LogP contribution in [0.25, 0.3) is 10.9 Å². The number of nitrogens with zero attached hydrogens (tertiary/aromatic N) is 2. The summed E-state index contributed by atoms with van der Waals surface area (Å²) in [6.07, 6.45) is 1.98. The average molecular weight is 342 g/mol. The van der Waals surface area contributed by atoms with Gasteiger partial charge in [-0.3, -0.25) is 14.3 Å². The zero-order valence-corrected chi connectivity index (χ0v) is 14.3. The smallest absolute Gasteiger partial charge is 0.261 e. The van der Waals surface area contributed by atoms with Gasteiger partial charge in [0.25, 0.3) is 5.91 Å². The Morgan fingerprint density at radius 3 is 2.83 bits per heavy atom. The standard InChI is InChI=1S/C17H18N4O2S/c1-11(2)21-10-12-5-6-13(8-14(12)20-21)19-16(22)9-18-17(23)15-4-3-7-24-15/h3-8,10-11H,9H2,1-2H3,(H,18,23)(H,19,22). The van der Waals surface area contributed by atoms with Gasteiger partial charge in [0.2, 0.25) is 5.91 Å². The highest BCUT2D eigenvalue weighted by atomic mass is 32.1. The maximum absolute atomic E-state index is 12.0. The predicted octanol–water partition coefficient (Wildman–Crippen LogP) is 3.05. The molecule has 0 spiro atoms. The van der Waals surface area contributed by atoms with Crippen molar-refractivity contribution in [3.63, 3.8) is 0 Å². The zero-order valence-electron chi connectivity index (χ0n) is 13.4. The Kier molecular flexibility index (Phi) is 4.61. The van der Waals surface area contributed by atoms with Gasteiger partial charge in [-0.2, -0.15) is 5.10 Å². The first-order chi connectivity index (χ1) is 11.5. The number of aromatic nitrogens is 2. The van der Waals surface area contributed by atoms with E-state index in [0.717, 1.165) is 10.9 Å². The van der Waals surface area contributed by atoms with Gasteiger partial charge in [-0.05, 0) is 43.5 Å². The van der Waals surface area contributed by atoms with Crippen LogP contribution < -0.4 is 10.6 Å². The third-order valence-corrected chi connectivity index (χ3v) is 4.36. The maximum Gasteiger partial charge on any atom is 0.261 e. The lowest BCUT2D eigenvalue weighted by molar-refractivity contribution is -0.115. The van der Waals surface area contributed by atoms with Gasteiger partial charge in [0.15, 0.2) is 0 Å². The van der Waals surface area contributed by atoms with Crippen molar-refractivity contribution < 1.29 is 9.59 Å². The monoisotopic (exact) mass is 342 g/mol. The van der Waals surface area contributed by atoms with E-state index >= 15 is 0 Å². The molecule has 1 aromatic carbocycles. The molecule has 0 aliphatic heterocycles. The largest absolute Gasteiger partial charge is 0.342 e. The number of hydrogen-bond acceptors (Lipinski definition) is 4. The summed E-state index contributed by atoms with van der Waals surface area (Å²) in [5.74, 6) is -0.520. The molecule has 2 aromatic heterocycles. The van der Waals surface area contributed by atoms with Crippen LogP contribution in [-0.4, -0.2) is 28.1 Å². The van der Waals surface area contributed by atoms with E-state index in [1.54, 1.807) is 12.1 Å². The van der Waals surface area contributed by atoms with E-state index in [2.05, 4.69) is 29.6 Å². The van der Waals surface area contributed by atoms with Crippen LogP contribution in [0, 0.1) is 0 Å². The van der Waals surface area contributed by atoms with Crippen LogP contribution in [0.5, 0.6) is 0 Å². The van der Waals surface area contributed by atoms with Gasteiger partial charge in [-0.15, -0.1) is 11.3 Å². The molecule has 24 heavy (non-hydrogen) atoms. The second-order valence-electron chi connectivity index (χ2n) is 5.68. The second kappa shape index (κ2) is 6.84. The minimum atomic E-state index is -0.275. The average Bonchev–Trinajstić information content (AvgIpc) is 3.21. The maximum atomic E-state index is 12.0. The lowest BCUT2D eigenvalue weighted by atomic mass is 10.2. The number of nitrogens with one attached hydrogen (secondary N) is 2. The van der Waals surface area contributed by atoms with Crippen molar-refractivity contribution in [2.75, 3.05) is 11.9 Å². The van der Waals surface area contributed by atoms with Gasteiger partial charge in [0, 0.05) is 23.3 Å². The molecule has 2 heterocycles. The summed E-state index contributed by atoms with van der Waals surface area (Å²) in [6, 6.07) is 9.37. The van der Waals surface area contributed by atoms with Crippen molar-refractivity contribution in [1.82, 2.24) is 15.1 Å². The summed E-state index contributed by atoms with van der Waals surface area (Å²) in [7, 11) is 0. The van der Waals surface area contributed by atoms with Crippen LogP contribution >= 0.6 is 11.3 Å².